The molecule has 2 aromatic carbocycles. The summed E-state index contributed by atoms with van der Waals surface area (Å²) in [5.74, 6) is 1.09. The number of fused-ring (bicyclic) bond motifs is 1. The summed E-state index contributed by atoms with van der Waals surface area (Å²) in [5, 5.41) is 5.89. The molecule has 0 atom stereocenters. The van der Waals surface area contributed by atoms with Crippen molar-refractivity contribution in [3.8, 4) is 11.5 Å². The number of pyridine rings is 1. The average Bonchev–Trinajstić information content (AvgIpc) is 2.71. The van der Waals surface area contributed by atoms with Crippen LogP contribution < -0.4 is 20.1 Å². The molecule has 7 heteroatoms. The van der Waals surface area contributed by atoms with E-state index in [1.807, 2.05) is 18.2 Å². The molecule has 1 amide bonds. The van der Waals surface area contributed by atoms with Gasteiger partial charge in [-0.05, 0) is 35.9 Å². The van der Waals surface area contributed by atoms with E-state index in [-0.39, 0.29) is 12.3 Å². The number of hydrogen-bond acceptors (Lipinski definition) is 5. The molecule has 6 nitrogen and oxygen atoms in total. The van der Waals surface area contributed by atoms with Gasteiger partial charge in [-0.15, -0.1) is 0 Å². The first kappa shape index (κ1) is 17.8. The van der Waals surface area contributed by atoms with Crippen LogP contribution in [0, 0.1) is 5.82 Å². The number of nitrogens with zero attached hydrogens (tertiary/aromatic N) is 1. The molecule has 1 aliphatic heterocycles. The summed E-state index contributed by atoms with van der Waals surface area (Å²) in [6, 6.07) is 15.3. The lowest BCUT2D eigenvalue weighted by molar-refractivity contribution is -0.115. The number of ether oxygens (including phenoxy) is 2. The predicted octanol–water partition coefficient (Wildman–Crippen LogP) is 3.92. The van der Waals surface area contributed by atoms with Gasteiger partial charge in [0.05, 0.1) is 18.3 Å². The second kappa shape index (κ2) is 7.96. The first-order valence-electron chi connectivity index (χ1n) is 8.83. The number of carbonyl (C=O) groups is 1. The lowest BCUT2D eigenvalue weighted by Crippen LogP contribution is -2.16. The Bertz CT molecular complexity index is 992. The normalized spacial score (nSPS) is 12.3. The fraction of sp³-hybridized carbons (Fsp3) is 0.143. The summed E-state index contributed by atoms with van der Waals surface area (Å²) in [7, 11) is 0. The van der Waals surface area contributed by atoms with E-state index < -0.39 is 5.82 Å². The summed E-state index contributed by atoms with van der Waals surface area (Å²) < 4.78 is 24.7. The van der Waals surface area contributed by atoms with Crippen LogP contribution in [0.5, 0.6) is 11.5 Å². The van der Waals surface area contributed by atoms with Gasteiger partial charge < -0.3 is 20.1 Å². The van der Waals surface area contributed by atoms with Crippen LogP contribution in [-0.4, -0.2) is 24.1 Å². The van der Waals surface area contributed by atoms with Gasteiger partial charge in [-0.3, -0.25) is 4.79 Å². The van der Waals surface area contributed by atoms with Crippen molar-refractivity contribution in [2.75, 3.05) is 23.8 Å². The third-order valence-corrected chi connectivity index (χ3v) is 4.17. The van der Waals surface area contributed by atoms with Gasteiger partial charge >= 0.3 is 0 Å². The van der Waals surface area contributed by atoms with Crippen molar-refractivity contribution in [3.63, 3.8) is 0 Å². The number of amides is 1. The van der Waals surface area contributed by atoms with Gasteiger partial charge in [0.1, 0.15) is 24.8 Å². The molecule has 4 rings (SSSR count). The van der Waals surface area contributed by atoms with Gasteiger partial charge in [-0.25, -0.2) is 9.37 Å². The zero-order valence-electron chi connectivity index (χ0n) is 14.9. The standard InChI is InChI=1S/C21H18FN3O3/c22-17-4-2-1-3-14(17)11-21(26)25-20-8-6-16(13-23-20)24-15-5-7-18-19(12-15)28-10-9-27-18/h1-8,12-13,24H,9-11H2,(H,23,25,26). The first-order valence-corrected chi connectivity index (χ1v) is 8.83. The molecule has 0 bridgehead atoms. The van der Waals surface area contributed by atoms with Crippen LogP contribution in [0.1, 0.15) is 5.56 Å². The molecule has 142 valence electrons. The summed E-state index contributed by atoms with van der Waals surface area (Å²) in [5.41, 5.74) is 1.93. The molecule has 1 aromatic heterocycles. The van der Waals surface area contributed by atoms with Crippen molar-refractivity contribution >= 4 is 23.1 Å². The SMILES string of the molecule is O=C(Cc1ccccc1F)Nc1ccc(Nc2ccc3c(c2)OCCO3)cn1. The van der Waals surface area contributed by atoms with E-state index in [1.54, 1.807) is 36.5 Å². The van der Waals surface area contributed by atoms with Crippen molar-refractivity contribution in [3.05, 3.63) is 72.2 Å². The van der Waals surface area contributed by atoms with Gasteiger partial charge in [-0.2, -0.15) is 0 Å². The molecule has 0 aliphatic carbocycles. The Morgan fingerprint density at radius 3 is 2.57 bits per heavy atom. The van der Waals surface area contributed by atoms with E-state index in [0.717, 1.165) is 17.1 Å². The van der Waals surface area contributed by atoms with Gasteiger partial charge in [0, 0.05) is 11.8 Å². The van der Waals surface area contributed by atoms with Crippen molar-refractivity contribution < 1.29 is 18.7 Å². The maximum absolute atomic E-state index is 13.6. The number of anilines is 3. The molecule has 0 fully saturated rings. The quantitative estimate of drug-likeness (QED) is 0.703. The number of nitrogens with one attached hydrogen (secondary N) is 2. The van der Waals surface area contributed by atoms with Crippen molar-refractivity contribution in [1.82, 2.24) is 4.98 Å². The lowest BCUT2D eigenvalue weighted by Gasteiger charge is -2.19. The second-order valence-corrected chi connectivity index (χ2v) is 6.23. The van der Waals surface area contributed by atoms with Gasteiger partial charge in [0.15, 0.2) is 11.5 Å². The number of hydrogen-bond donors (Lipinski definition) is 2. The molecule has 0 spiro atoms. The zero-order chi connectivity index (χ0) is 19.3. The average molecular weight is 379 g/mol. The molecule has 1 aliphatic rings. The molecule has 2 heterocycles. The highest BCUT2D eigenvalue weighted by molar-refractivity contribution is 5.91. The summed E-state index contributed by atoms with van der Waals surface area (Å²) >= 11 is 0. The maximum Gasteiger partial charge on any atom is 0.230 e. The number of aromatic nitrogens is 1. The minimum Gasteiger partial charge on any atom is -0.486 e. The van der Waals surface area contributed by atoms with Gasteiger partial charge in [0.25, 0.3) is 0 Å². The molecule has 0 saturated heterocycles. The third-order valence-electron chi connectivity index (χ3n) is 4.17. The van der Waals surface area contributed by atoms with Crippen LogP contribution in [0.4, 0.5) is 21.6 Å². The number of benzene rings is 2. The third kappa shape index (κ3) is 4.20. The lowest BCUT2D eigenvalue weighted by atomic mass is 10.1. The van der Waals surface area contributed by atoms with Crippen molar-refractivity contribution in [1.29, 1.82) is 0 Å². The van der Waals surface area contributed by atoms with Crippen molar-refractivity contribution in [2.24, 2.45) is 0 Å². The van der Waals surface area contributed by atoms with Crippen LogP contribution in [0.2, 0.25) is 0 Å². The van der Waals surface area contributed by atoms with Crippen molar-refractivity contribution in [2.45, 2.75) is 6.42 Å². The Balaban J connectivity index is 1.37. The van der Waals surface area contributed by atoms with E-state index >= 15 is 0 Å². The Kier molecular flexibility index (Phi) is 5.05. The van der Waals surface area contributed by atoms with Crippen LogP contribution in [0.15, 0.2) is 60.8 Å². The van der Waals surface area contributed by atoms with E-state index in [1.165, 1.54) is 6.07 Å². The monoisotopic (exact) mass is 379 g/mol. The summed E-state index contributed by atoms with van der Waals surface area (Å²) in [6.45, 7) is 1.08. The topological polar surface area (TPSA) is 72.5 Å². The Morgan fingerprint density at radius 2 is 1.79 bits per heavy atom. The highest BCUT2D eigenvalue weighted by atomic mass is 19.1. The van der Waals surface area contributed by atoms with Crippen LogP contribution in [0.3, 0.4) is 0 Å². The Hall–Kier alpha value is -3.61. The Labute approximate surface area is 161 Å². The van der Waals surface area contributed by atoms with Crippen LogP contribution >= 0.6 is 0 Å². The molecule has 0 radical (unpaired) electrons. The highest BCUT2D eigenvalue weighted by Crippen LogP contribution is 2.33. The Morgan fingerprint density at radius 1 is 1.00 bits per heavy atom. The van der Waals surface area contributed by atoms with E-state index in [2.05, 4.69) is 15.6 Å². The molecular weight excluding hydrogens is 361 g/mol. The second-order valence-electron chi connectivity index (χ2n) is 6.23. The highest BCUT2D eigenvalue weighted by Gasteiger charge is 2.12. The molecule has 28 heavy (non-hydrogen) atoms. The molecule has 3 aromatic rings. The van der Waals surface area contributed by atoms with Crippen LogP contribution in [-0.2, 0) is 11.2 Å². The van der Waals surface area contributed by atoms with E-state index in [9.17, 15) is 9.18 Å². The predicted molar refractivity (Wildman–Crippen MR) is 104 cm³/mol. The maximum atomic E-state index is 13.6. The fourth-order valence-electron chi connectivity index (χ4n) is 2.83. The fourth-order valence-corrected chi connectivity index (χ4v) is 2.83. The largest absolute Gasteiger partial charge is 0.486 e. The summed E-state index contributed by atoms with van der Waals surface area (Å²) in [6.07, 6.45) is 1.56. The first-order chi connectivity index (χ1) is 13.7. The van der Waals surface area contributed by atoms with E-state index in [4.69, 9.17) is 9.47 Å². The molecule has 0 unspecified atom stereocenters. The summed E-state index contributed by atoms with van der Waals surface area (Å²) in [4.78, 5) is 16.3. The van der Waals surface area contributed by atoms with Crippen LogP contribution in [0.25, 0.3) is 0 Å². The van der Waals surface area contributed by atoms with Gasteiger partial charge in [0.2, 0.25) is 5.91 Å². The number of carbonyl (C=O) groups excluding carboxylic acids is 1. The molecule has 0 saturated carbocycles. The minimum atomic E-state index is -0.399. The minimum absolute atomic E-state index is 0.0500. The smallest absolute Gasteiger partial charge is 0.230 e. The zero-order valence-corrected chi connectivity index (χ0v) is 14.9. The van der Waals surface area contributed by atoms with E-state index in [0.29, 0.717) is 30.3 Å². The number of rotatable bonds is 5. The molecule has 2 N–H and O–H groups in total. The van der Waals surface area contributed by atoms with Gasteiger partial charge in [-0.1, -0.05) is 18.2 Å². The molecular formula is C21H18FN3O3. The number of halogens is 1.